The predicted octanol–water partition coefficient (Wildman–Crippen LogP) is 2.77. The van der Waals surface area contributed by atoms with E-state index in [9.17, 15) is 9.90 Å². The number of hydrogen-bond donors (Lipinski definition) is 1. The van der Waals surface area contributed by atoms with E-state index in [4.69, 9.17) is 4.74 Å². The largest absolute Gasteiger partial charge is 0.481 e. The first kappa shape index (κ1) is 13.1. The van der Waals surface area contributed by atoms with Crippen LogP contribution < -0.4 is 0 Å². The molecule has 2 rings (SSSR count). The van der Waals surface area contributed by atoms with Crippen molar-refractivity contribution in [2.75, 3.05) is 13.2 Å². The molecular formula is C15H20O3. The Bertz CT molecular complexity index is 428. The summed E-state index contributed by atoms with van der Waals surface area (Å²) in [5, 5.41) is 9.61. The van der Waals surface area contributed by atoms with Gasteiger partial charge in [0.15, 0.2) is 0 Å². The first-order valence-electron chi connectivity index (χ1n) is 6.60. The average molecular weight is 248 g/mol. The fraction of sp³-hybridized carbons (Fsp3) is 0.533. The van der Waals surface area contributed by atoms with Crippen molar-refractivity contribution in [2.24, 2.45) is 0 Å². The van der Waals surface area contributed by atoms with Gasteiger partial charge in [0.2, 0.25) is 0 Å². The van der Waals surface area contributed by atoms with Crippen LogP contribution in [-0.2, 0) is 21.4 Å². The van der Waals surface area contributed by atoms with Crippen LogP contribution >= 0.6 is 0 Å². The zero-order chi connectivity index (χ0) is 13.0. The number of aryl methyl sites for hydroxylation is 1. The Morgan fingerprint density at radius 2 is 2.17 bits per heavy atom. The highest BCUT2D eigenvalue weighted by Gasteiger charge is 2.44. The normalized spacial score (nSPS) is 21.8. The Labute approximate surface area is 108 Å². The number of hydrogen-bond acceptors (Lipinski definition) is 2. The molecule has 0 heterocycles. The first-order valence-corrected chi connectivity index (χ1v) is 6.60. The van der Waals surface area contributed by atoms with E-state index in [0.717, 1.165) is 18.4 Å². The predicted molar refractivity (Wildman–Crippen MR) is 69.8 cm³/mol. The topological polar surface area (TPSA) is 46.5 Å². The highest BCUT2D eigenvalue weighted by atomic mass is 16.5. The van der Waals surface area contributed by atoms with Gasteiger partial charge in [0.1, 0.15) is 0 Å². The second kappa shape index (κ2) is 5.53. The van der Waals surface area contributed by atoms with Crippen LogP contribution in [0.2, 0.25) is 0 Å². The molecule has 0 spiro atoms. The van der Waals surface area contributed by atoms with Crippen molar-refractivity contribution in [3.63, 3.8) is 0 Å². The standard InChI is InChI=1S/C15H20O3/c1-2-10-18-11-9-15(14(16)17)8-7-12-5-3-4-6-13(12)15/h3-6H,2,7-11H2,1H3,(H,16,17). The highest BCUT2D eigenvalue weighted by molar-refractivity contribution is 5.83. The number of aliphatic carboxylic acids is 1. The van der Waals surface area contributed by atoms with Crippen LogP contribution in [-0.4, -0.2) is 24.3 Å². The fourth-order valence-electron chi connectivity index (χ4n) is 2.77. The minimum absolute atomic E-state index is 0.522. The molecule has 0 radical (unpaired) electrons. The number of carbonyl (C=O) groups is 1. The van der Waals surface area contributed by atoms with Gasteiger partial charge in [0, 0.05) is 13.2 Å². The number of benzene rings is 1. The van der Waals surface area contributed by atoms with E-state index in [-0.39, 0.29) is 0 Å². The van der Waals surface area contributed by atoms with Gasteiger partial charge in [0.05, 0.1) is 5.41 Å². The SMILES string of the molecule is CCCOCCC1(C(=O)O)CCc2ccccc21. The minimum atomic E-state index is -0.732. The summed E-state index contributed by atoms with van der Waals surface area (Å²) in [5.74, 6) is -0.715. The van der Waals surface area contributed by atoms with Gasteiger partial charge in [-0.15, -0.1) is 0 Å². The summed E-state index contributed by atoms with van der Waals surface area (Å²) in [4.78, 5) is 11.7. The summed E-state index contributed by atoms with van der Waals surface area (Å²) in [6.45, 7) is 3.28. The molecule has 0 aromatic heterocycles. The highest BCUT2D eigenvalue weighted by Crippen LogP contribution is 2.41. The van der Waals surface area contributed by atoms with Gasteiger partial charge >= 0.3 is 5.97 Å². The van der Waals surface area contributed by atoms with Crippen molar-refractivity contribution in [3.05, 3.63) is 35.4 Å². The molecule has 3 nitrogen and oxygen atoms in total. The van der Waals surface area contributed by atoms with Crippen molar-refractivity contribution >= 4 is 5.97 Å². The van der Waals surface area contributed by atoms with Gasteiger partial charge in [-0.1, -0.05) is 31.2 Å². The summed E-state index contributed by atoms with van der Waals surface area (Å²) in [6.07, 6.45) is 3.09. The molecular weight excluding hydrogens is 228 g/mol. The van der Waals surface area contributed by atoms with Gasteiger partial charge in [-0.25, -0.2) is 0 Å². The zero-order valence-electron chi connectivity index (χ0n) is 10.8. The van der Waals surface area contributed by atoms with Crippen LogP contribution in [0.4, 0.5) is 0 Å². The van der Waals surface area contributed by atoms with Crippen LogP contribution in [0, 0.1) is 0 Å². The van der Waals surface area contributed by atoms with Crippen molar-refractivity contribution in [2.45, 2.75) is 38.0 Å². The lowest BCUT2D eigenvalue weighted by Gasteiger charge is -2.25. The summed E-state index contributed by atoms with van der Waals surface area (Å²) < 4.78 is 5.47. The van der Waals surface area contributed by atoms with Crippen molar-refractivity contribution in [1.29, 1.82) is 0 Å². The lowest BCUT2D eigenvalue weighted by Crippen LogP contribution is -2.34. The van der Waals surface area contributed by atoms with Crippen molar-refractivity contribution in [1.82, 2.24) is 0 Å². The third-order valence-electron chi connectivity index (χ3n) is 3.79. The quantitative estimate of drug-likeness (QED) is 0.787. The molecule has 1 aromatic rings. The van der Waals surface area contributed by atoms with Crippen LogP contribution in [0.15, 0.2) is 24.3 Å². The summed E-state index contributed by atoms with van der Waals surface area (Å²) in [7, 11) is 0. The fourth-order valence-corrected chi connectivity index (χ4v) is 2.77. The van der Waals surface area contributed by atoms with E-state index in [1.54, 1.807) is 0 Å². The molecule has 3 heteroatoms. The molecule has 1 unspecified atom stereocenters. The van der Waals surface area contributed by atoms with E-state index < -0.39 is 11.4 Å². The molecule has 18 heavy (non-hydrogen) atoms. The molecule has 0 aliphatic heterocycles. The molecule has 1 N–H and O–H groups in total. The minimum Gasteiger partial charge on any atom is -0.481 e. The number of rotatable bonds is 6. The van der Waals surface area contributed by atoms with Gasteiger partial charge in [0.25, 0.3) is 0 Å². The molecule has 1 aliphatic carbocycles. The molecule has 0 fully saturated rings. The Hall–Kier alpha value is -1.35. The van der Waals surface area contributed by atoms with Gasteiger partial charge in [-0.2, -0.15) is 0 Å². The molecule has 0 saturated carbocycles. The van der Waals surface area contributed by atoms with E-state index >= 15 is 0 Å². The molecule has 0 amide bonds. The first-order chi connectivity index (χ1) is 8.70. The molecule has 98 valence electrons. The molecule has 1 atom stereocenters. The summed E-state index contributed by atoms with van der Waals surface area (Å²) in [5.41, 5.74) is 1.43. The van der Waals surface area contributed by atoms with Crippen molar-refractivity contribution < 1.29 is 14.6 Å². The van der Waals surface area contributed by atoms with Crippen LogP contribution in [0.25, 0.3) is 0 Å². The van der Waals surface area contributed by atoms with Gasteiger partial charge in [-0.3, -0.25) is 4.79 Å². The third-order valence-corrected chi connectivity index (χ3v) is 3.79. The van der Waals surface area contributed by atoms with Crippen LogP contribution in [0.1, 0.15) is 37.3 Å². The maximum atomic E-state index is 11.7. The van der Waals surface area contributed by atoms with Crippen LogP contribution in [0.5, 0.6) is 0 Å². The zero-order valence-corrected chi connectivity index (χ0v) is 10.8. The van der Waals surface area contributed by atoms with Crippen LogP contribution in [0.3, 0.4) is 0 Å². The second-order valence-electron chi connectivity index (χ2n) is 4.91. The summed E-state index contributed by atoms with van der Waals surface area (Å²) in [6, 6.07) is 7.89. The van der Waals surface area contributed by atoms with E-state index in [0.29, 0.717) is 26.1 Å². The summed E-state index contributed by atoms with van der Waals surface area (Å²) >= 11 is 0. The Morgan fingerprint density at radius 1 is 1.39 bits per heavy atom. The lowest BCUT2D eigenvalue weighted by atomic mass is 9.79. The number of fused-ring (bicyclic) bond motifs is 1. The Balaban J connectivity index is 2.17. The smallest absolute Gasteiger partial charge is 0.314 e. The Morgan fingerprint density at radius 3 is 2.89 bits per heavy atom. The maximum Gasteiger partial charge on any atom is 0.314 e. The molecule has 1 aliphatic rings. The average Bonchev–Trinajstić information content (AvgIpc) is 2.75. The third kappa shape index (κ3) is 2.27. The Kier molecular flexibility index (Phi) is 4.02. The molecule has 0 saturated heterocycles. The number of carboxylic acid groups (broad SMARTS) is 1. The number of carboxylic acids is 1. The van der Waals surface area contributed by atoms with E-state index in [1.807, 2.05) is 24.3 Å². The van der Waals surface area contributed by atoms with E-state index in [2.05, 4.69) is 6.92 Å². The van der Waals surface area contributed by atoms with Gasteiger partial charge < -0.3 is 9.84 Å². The lowest BCUT2D eigenvalue weighted by molar-refractivity contribution is -0.144. The van der Waals surface area contributed by atoms with Crippen molar-refractivity contribution in [3.8, 4) is 0 Å². The maximum absolute atomic E-state index is 11.7. The van der Waals surface area contributed by atoms with Gasteiger partial charge in [-0.05, 0) is 36.8 Å². The molecule has 0 bridgehead atoms. The second-order valence-corrected chi connectivity index (χ2v) is 4.91. The number of ether oxygens (including phenoxy) is 1. The molecule has 1 aromatic carbocycles. The van der Waals surface area contributed by atoms with E-state index in [1.165, 1.54) is 5.56 Å². The monoisotopic (exact) mass is 248 g/mol.